The first kappa shape index (κ1) is 20.3. The quantitative estimate of drug-likeness (QED) is 0.817. The highest BCUT2D eigenvalue weighted by Crippen LogP contribution is 2.29. The van der Waals surface area contributed by atoms with Crippen LogP contribution < -0.4 is 0 Å². The number of carbonyl (C=O) groups excluding carboxylic acids is 1. The van der Waals surface area contributed by atoms with E-state index >= 15 is 0 Å². The monoisotopic (exact) mass is 395 g/mol. The van der Waals surface area contributed by atoms with E-state index in [0.29, 0.717) is 31.0 Å². The summed E-state index contributed by atoms with van der Waals surface area (Å²) in [6.45, 7) is 3.07. The van der Waals surface area contributed by atoms with Gasteiger partial charge in [-0.1, -0.05) is 18.2 Å². The van der Waals surface area contributed by atoms with Crippen molar-refractivity contribution in [2.45, 2.75) is 25.4 Å². The zero-order chi connectivity index (χ0) is 20.1. The van der Waals surface area contributed by atoms with Gasteiger partial charge in [-0.05, 0) is 43.4 Å². The molecule has 2 aromatic rings. The maximum atomic E-state index is 12.8. The van der Waals surface area contributed by atoms with Gasteiger partial charge >= 0.3 is 6.18 Å². The van der Waals surface area contributed by atoms with Gasteiger partial charge in [0, 0.05) is 26.7 Å². The zero-order valence-corrected chi connectivity index (χ0v) is 15.7. The highest BCUT2D eigenvalue weighted by molar-refractivity contribution is 5.90. The molecule has 1 saturated heterocycles. The number of piperidine rings is 1. The largest absolute Gasteiger partial charge is 0.416 e. The maximum absolute atomic E-state index is 12.8. The standard InChI is InChI=1S/C19H24F3N5O/c1-26(18(28)17-23-13-24-25-17)11-15-5-3-8-27(12-15)9-7-14-4-2-6-16(10-14)19(20,21)22/h2,4,6,10,13,15H,3,5,7-9,11-12H2,1H3,(H,23,24,25)/t15-/m1/s1. The molecule has 1 aliphatic heterocycles. The van der Waals surface area contributed by atoms with Gasteiger partial charge in [-0.3, -0.25) is 9.89 Å². The van der Waals surface area contributed by atoms with Crippen molar-refractivity contribution in [3.63, 3.8) is 0 Å². The third kappa shape index (κ3) is 5.31. The SMILES string of the molecule is CN(C[C@H]1CCCN(CCc2cccc(C(F)(F)F)c2)C1)C(=O)c1ncn[nH]1. The lowest BCUT2D eigenvalue weighted by molar-refractivity contribution is -0.137. The van der Waals surface area contributed by atoms with Gasteiger partial charge in [0.15, 0.2) is 0 Å². The third-order valence-corrected chi connectivity index (χ3v) is 5.07. The van der Waals surface area contributed by atoms with Crippen molar-refractivity contribution < 1.29 is 18.0 Å². The molecule has 1 amide bonds. The number of carbonyl (C=O) groups is 1. The number of likely N-dealkylation sites (tertiary alicyclic amines) is 1. The molecule has 2 heterocycles. The number of alkyl halides is 3. The van der Waals surface area contributed by atoms with Crippen molar-refractivity contribution in [2.75, 3.05) is 33.2 Å². The molecule has 1 N–H and O–H groups in total. The van der Waals surface area contributed by atoms with Gasteiger partial charge in [0.1, 0.15) is 6.33 Å². The first-order valence-corrected chi connectivity index (χ1v) is 9.32. The summed E-state index contributed by atoms with van der Waals surface area (Å²) >= 11 is 0. The smallest absolute Gasteiger partial charge is 0.339 e. The average molecular weight is 395 g/mol. The van der Waals surface area contributed by atoms with E-state index < -0.39 is 11.7 Å². The number of aromatic amines is 1. The number of rotatable bonds is 6. The van der Waals surface area contributed by atoms with E-state index in [1.54, 1.807) is 18.0 Å². The normalized spacial score (nSPS) is 18.2. The molecule has 0 aliphatic carbocycles. The fourth-order valence-electron chi connectivity index (χ4n) is 3.65. The molecule has 0 spiro atoms. The lowest BCUT2D eigenvalue weighted by Crippen LogP contribution is -2.42. The van der Waals surface area contributed by atoms with E-state index in [0.717, 1.165) is 32.0 Å². The van der Waals surface area contributed by atoms with Gasteiger partial charge in [-0.2, -0.15) is 18.3 Å². The summed E-state index contributed by atoms with van der Waals surface area (Å²) in [5, 5.41) is 6.27. The molecule has 1 aromatic heterocycles. The Labute approximate surface area is 161 Å². The molecule has 0 bridgehead atoms. The minimum Gasteiger partial charge on any atom is -0.339 e. The average Bonchev–Trinajstić information content (AvgIpc) is 3.20. The van der Waals surface area contributed by atoms with Gasteiger partial charge in [-0.15, -0.1) is 0 Å². The minimum atomic E-state index is -4.31. The second kappa shape index (κ2) is 8.72. The number of H-pyrrole nitrogens is 1. The summed E-state index contributed by atoms with van der Waals surface area (Å²) in [5.41, 5.74) is 0.0867. The second-order valence-electron chi connectivity index (χ2n) is 7.28. The summed E-state index contributed by atoms with van der Waals surface area (Å²) in [5.74, 6) is 0.352. The molecule has 28 heavy (non-hydrogen) atoms. The summed E-state index contributed by atoms with van der Waals surface area (Å²) in [4.78, 5) is 20.1. The molecule has 0 saturated carbocycles. The molecule has 152 valence electrons. The Bertz CT molecular complexity index is 778. The van der Waals surface area contributed by atoms with Gasteiger partial charge < -0.3 is 9.80 Å². The second-order valence-corrected chi connectivity index (χ2v) is 7.28. The fraction of sp³-hybridized carbons (Fsp3) is 0.526. The molecule has 1 aliphatic rings. The van der Waals surface area contributed by atoms with Crippen LogP contribution in [0, 0.1) is 5.92 Å². The Hall–Kier alpha value is -2.42. The Morgan fingerprint density at radius 1 is 1.39 bits per heavy atom. The fourth-order valence-corrected chi connectivity index (χ4v) is 3.65. The molecule has 1 aromatic carbocycles. The first-order chi connectivity index (χ1) is 13.3. The number of hydrogen-bond acceptors (Lipinski definition) is 4. The van der Waals surface area contributed by atoms with Crippen molar-refractivity contribution in [3.05, 3.63) is 47.5 Å². The van der Waals surface area contributed by atoms with E-state index in [4.69, 9.17) is 0 Å². The van der Waals surface area contributed by atoms with Crippen LogP contribution in [0.15, 0.2) is 30.6 Å². The first-order valence-electron chi connectivity index (χ1n) is 9.32. The summed E-state index contributed by atoms with van der Waals surface area (Å²) in [6.07, 6.45) is -0.404. The third-order valence-electron chi connectivity index (χ3n) is 5.07. The van der Waals surface area contributed by atoms with E-state index in [1.165, 1.54) is 18.5 Å². The molecule has 9 heteroatoms. The van der Waals surface area contributed by atoms with E-state index in [2.05, 4.69) is 20.1 Å². The number of nitrogens with zero attached hydrogens (tertiary/aromatic N) is 4. The summed E-state index contributed by atoms with van der Waals surface area (Å²) in [6, 6.07) is 5.52. The summed E-state index contributed by atoms with van der Waals surface area (Å²) in [7, 11) is 1.74. The van der Waals surface area contributed by atoms with Crippen molar-refractivity contribution in [1.82, 2.24) is 25.0 Å². The lowest BCUT2D eigenvalue weighted by Gasteiger charge is -2.34. The van der Waals surface area contributed by atoms with E-state index in [9.17, 15) is 18.0 Å². The molecular formula is C19H24F3N5O. The van der Waals surface area contributed by atoms with Crippen LogP contribution in [0.3, 0.4) is 0 Å². The minimum absolute atomic E-state index is 0.196. The van der Waals surface area contributed by atoms with Gasteiger partial charge in [0.25, 0.3) is 5.91 Å². The number of benzene rings is 1. The van der Waals surface area contributed by atoms with Crippen LogP contribution in [0.2, 0.25) is 0 Å². The van der Waals surface area contributed by atoms with E-state index in [1.807, 2.05) is 0 Å². The van der Waals surface area contributed by atoms with Gasteiger partial charge in [0.2, 0.25) is 5.82 Å². The Kier molecular flexibility index (Phi) is 6.33. The summed E-state index contributed by atoms with van der Waals surface area (Å²) < 4.78 is 38.5. The maximum Gasteiger partial charge on any atom is 0.416 e. The molecule has 1 fully saturated rings. The molecule has 3 rings (SSSR count). The van der Waals surface area contributed by atoms with Crippen molar-refractivity contribution >= 4 is 5.91 Å². The van der Waals surface area contributed by atoms with Crippen molar-refractivity contribution in [3.8, 4) is 0 Å². The van der Waals surface area contributed by atoms with Crippen LogP contribution in [0.4, 0.5) is 13.2 Å². The molecule has 1 atom stereocenters. The van der Waals surface area contributed by atoms with Crippen LogP contribution in [0.5, 0.6) is 0 Å². The van der Waals surface area contributed by atoms with Crippen LogP contribution in [-0.4, -0.2) is 64.1 Å². The van der Waals surface area contributed by atoms with Crippen LogP contribution in [0.1, 0.15) is 34.6 Å². The van der Waals surface area contributed by atoms with Crippen LogP contribution >= 0.6 is 0 Å². The molecule has 0 unspecified atom stereocenters. The Balaban J connectivity index is 1.50. The van der Waals surface area contributed by atoms with E-state index in [-0.39, 0.29) is 11.7 Å². The molecular weight excluding hydrogens is 371 g/mol. The Morgan fingerprint density at radius 3 is 2.93 bits per heavy atom. The Morgan fingerprint density at radius 2 is 2.21 bits per heavy atom. The highest BCUT2D eigenvalue weighted by Gasteiger charge is 2.30. The number of amides is 1. The van der Waals surface area contributed by atoms with Crippen molar-refractivity contribution in [2.24, 2.45) is 5.92 Å². The van der Waals surface area contributed by atoms with Gasteiger partial charge in [-0.25, -0.2) is 4.98 Å². The zero-order valence-electron chi connectivity index (χ0n) is 15.7. The molecule has 0 radical (unpaired) electrons. The lowest BCUT2D eigenvalue weighted by atomic mass is 9.97. The highest BCUT2D eigenvalue weighted by atomic mass is 19.4. The van der Waals surface area contributed by atoms with Crippen LogP contribution in [-0.2, 0) is 12.6 Å². The van der Waals surface area contributed by atoms with Gasteiger partial charge in [0.05, 0.1) is 5.56 Å². The number of hydrogen-bond donors (Lipinski definition) is 1. The topological polar surface area (TPSA) is 65.1 Å². The predicted octanol–water partition coefficient (Wildman–Crippen LogP) is 2.85. The number of halogens is 3. The number of nitrogens with one attached hydrogen (secondary N) is 1. The van der Waals surface area contributed by atoms with Crippen LogP contribution in [0.25, 0.3) is 0 Å². The predicted molar refractivity (Wildman–Crippen MR) is 97.7 cm³/mol. The number of aromatic nitrogens is 3. The molecule has 6 nitrogen and oxygen atoms in total. The van der Waals surface area contributed by atoms with Crippen molar-refractivity contribution in [1.29, 1.82) is 0 Å².